The third-order valence-corrected chi connectivity index (χ3v) is 2.12. The van der Waals surface area contributed by atoms with Crippen molar-refractivity contribution in [1.82, 2.24) is 4.90 Å². The van der Waals surface area contributed by atoms with Crippen molar-refractivity contribution in [2.75, 3.05) is 6.54 Å². The first-order chi connectivity index (χ1) is 6.02. The minimum atomic E-state index is -1.11. The monoisotopic (exact) mass is 185 g/mol. The summed E-state index contributed by atoms with van der Waals surface area (Å²) in [4.78, 5) is 33.8. The summed E-state index contributed by atoms with van der Waals surface area (Å²) in [5.41, 5.74) is 0. The molecule has 5 nitrogen and oxygen atoms in total. The molecule has 1 N–H and O–H groups in total. The predicted molar refractivity (Wildman–Crippen MR) is 43.1 cm³/mol. The summed E-state index contributed by atoms with van der Waals surface area (Å²) in [6, 6.07) is -0.959. The number of piperidine rings is 1. The van der Waals surface area contributed by atoms with Gasteiger partial charge < -0.3 is 10.0 Å². The van der Waals surface area contributed by atoms with Crippen LogP contribution in [0.25, 0.3) is 0 Å². The van der Waals surface area contributed by atoms with E-state index in [0.29, 0.717) is 0 Å². The predicted octanol–water partition coefficient (Wildman–Crippen LogP) is -0.349. The number of carboxylic acids is 1. The van der Waals surface area contributed by atoms with E-state index >= 15 is 0 Å². The summed E-state index contributed by atoms with van der Waals surface area (Å²) in [7, 11) is 0. The Bertz CT molecular complexity index is 261. The van der Waals surface area contributed by atoms with E-state index in [2.05, 4.69) is 0 Å². The Morgan fingerprint density at radius 2 is 2.15 bits per heavy atom. The van der Waals surface area contributed by atoms with E-state index in [4.69, 9.17) is 5.11 Å². The summed E-state index contributed by atoms with van der Waals surface area (Å²) in [6.45, 7) is 1.54. The topological polar surface area (TPSA) is 74.7 Å². The molecule has 1 fully saturated rings. The van der Waals surface area contributed by atoms with Gasteiger partial charge in [0.05, 0.1) is 0 Å². The lowest BCUT2D eigenvalue weighted by molar-refractivity contribution is -0.153. The van der Waals surface area contributed by atoms with E-state index in [1.165, 1.54) is 11.8 Å². The van der Waals surface area contributed by atoms with Gasteiger partial charge in [0.2, 0.25) is 5.91 Å². The summed E-state index contributed by atoms with van der Waals surface area (Å²) in [5.74, 6) is -1.49. The number of likely N-dealkylation sites (tertiary alicyclic amines) is 1. The number of carbonyl (C=O) groups is 3. The molecule has 0 saturated carbocycles. The molecule has 72 valence electrons. The largest absolute Gasteiger partial charge is 0.480 e. The maximum atomic E-state index is 11.0. The fraction of sp³-hybridized carbons (Fsp3) is 0.625. The number of carboxylic acid groups (broad SMARTS) is 1. The first kappa shape index (κ1) is 9.70. The number of nitrogens with zero attached hydrogens (tertiary/aromatic N) is 1. The Balaban J connectivity index is 2.77. The van der Waals surface area contributed by atoms with Crippen LogP contribution < -0.4 is 0 Å². The zero-order chi connectivity index (χ0) is 10.0. The highest BCUT2D eigenvalue weighted by atomic mass is 16.4. The van der Waals surface area contributed by atoms with Crippen LogP contribution in [0.3, 0.4) is 0 Å². The molecule has 0 spiro atoms. The molecule has 5 heteroatoms. The second kappa shape index (κ2) is 3.55. The molecule has 0 aromatic heterocycles. The number of hydrogen-bond acceptors (Lipinski definition) is 3. The van der Waals surface area contributed by atoms with Gasteiger partial charge in [-0.2, -0.15) is 0 Å². The van der Waals surface area contributed by atoms with Crippen LogP contribution in [0.15, 0.2) is 0 Å². The molecule has 1 saturated heterocycles. The minimum Gasteiger partial charge on any atom is -0.480 e. The third kappa shape index (κ3) is 2.05. The van der Waals surface area contributed by atoms with Gasteiger partial charge >= 0.3 is 5.97 Å². The molecule has 1 heterocycles. The summed E-state index contributed by atoms with van der Waals surface area (Å²) in [6.07, 6.45) is 0.207. The van der Waals surface area contributed by atoms with Crippen LogP contribution in [0.5, 0.6) is 0 Å². The van der Waals surface area contributed by atoms with E-state index in [1.807, 2.05) is 0 Å². The number of hydrogen-bond donors (Lipinski definition) is 1. The van der Waals surface area contributed by atoms with E-state index < -0.39 is 12.0 Å². The van der Waals surface area contributed by atoms with Crippen molar-refractivity contribution in [3.63, 3.8) is 0 Å². The highest BCUT2D eigenvalue weighted by molar-refractivity contribution is 5.91. The smallest absolute Gasteiger partial charge is 0.326 e. The van der Waals surface area contributed by atoms with Crippen molar-refractivity contribution in [3.05, 3.63) is 0 Å². The van der Waals surface area contributed by atoms with Gasteiger partial charge in [0, 0.05) is 26.3 Å². The molecule has 1 aliphatic heterocycles. The summed E-state index contributed by atoms with van der Waals surface area (Å²) >= 11 is 0. The molecule has 13 heavy (non-hydrogen) atoms. The number of rotatable bonds is 1. The van der Waals surface area contributed by atoms with Gasteiger partial charge in [-0.25, -0.2) is 4.79 Å². The first-order valence-electron chi connectivity index (χ1n) is 4.04. The number of carbonyl (C=O) groups excluding carboxylic acids is 2. The molecule has 1 rings (SSSR count). The van der Waals surface area contributed by atoms with Gasteiger partial charge in [-0.3, -0.25) is 9.59 Å². The highest BCUT2D eigenvalue weighted by Crippen LogP contribution is 2.14. The van der Waals surface area contributed by atoms with Crippen LogP contribution in [-0.4, -0.2) is 40.3 Å². The lowest BCUT2D eigenvalue weighted by Crippen LogP contribution is -2.49. The van der Waals surface area contributed by atoms with Crippen molar-refractivity contribution < 1.29 is 19.5 Å². The molecule has 1 unspecified atom stereocenters. The number of ketones is 1. The number of aliphatic carboxylic acids is 1. The maximum absolute atomic E-state index is 11.0. The van der Waals surface area contributed by atoms with Gasteiger partial charge in [0.1, 0.15) is 11.8 Å². The Labute approximate surface area is 75.3 Å². The number of amides is 1. The molecule has 1 aliphatic rings. The van der Waals surface area contributed by atoms with Crippen LogP contribution >= 0.6 is 0 Å². The normalized spacial score (nSPS) is 23.0. The van der Waals surface area contributed by atoms with Gasteiger partial charge in [-0.15, -0.1) is 0 Å². The molecular weight excluding hydrogens is 174 g/mol. The summed E-state index contributed by atoms with van der Waals surface area (Å²) < 4.78 is 0. The first-order valence-corrected chi connectivity index (χ1v) is 4.04. The lowest BCUT2D eigenvalue weighted by Gasteiger charge is -2.31. The minimum absolute atomic E-state index is 0.0606. The van der Waals surface area contributed by atoms with Crippen molar-refractivity contribution in [2.45, 2.75) is 25.8 Å². The molecule has 0 aromatic carbocycles. The average Bonchev–Trinajstić information content (AvgIpc) is 2.03. The van der Waals surface area contributed by atoms with Crippen LogP contribution in [0.2, 0.25) is 0 Å². The maximum Gasteiger partial charge on any atom is 0.326 e. The average molecular weight is 185 g/mol. The van der Waals surface area contributed by atoms with Crippen molar-refractivity contribution in [3.8, 4) is 0 Å². The zero-order valence-corrected chi connectivity index (χ0v) is 7.32. The molecule has 0 aromatic rings. The Morgan fingerprint density at radius 1 is 1.54 bits per heavy atom. The van der Waals surface area contributed by atoms with Crippen molar-refractivity contribution in [2.24, 2.45) is 0 Å². The van der Waals surface area contributed by atoms with Gasteiger partial charge in [0.25, 0.3) is 0 Å². The molecule has 1 amide bonds. The van der Waals surface area contributed by atoms with Crippen LogP contribution in [0.1, 0.15) is 19.8 Å². The standard InChI is InChI=1S/C8H11NO4/c1-5(10)9-3-2-6(11)4-7(9)8(12)13/h7H,2-4H2,1H3,(H,12,13). The van der Waals surface area contributed by atoms with E-state index in [1.54, 1.807) is 0 Å². The second-order valence-electron chi connectivity index (χ2n) is 3.06. The zero-order valence-electron chi connectivity index (χ0n) is 7.32. The van der Waals surface area contributed by atoms with Crippen molar-refractivity contribution in [1.29, 1.82) is 0 Å². The molecule has 0 aliphatic carbocycles. The highest BCUT2D eigenvalue weighted by Gasteiger charge is 2.33. The quantitative estimate of drug-likeness (QED) is 0.606. The Kier molecular flexibility index (Phi) is 2.65. The second-order valence-corrected chi connectivity index (χ2v) is 3.06. The molecule has 0 radical (unpaired) electrons. The van der Waals surface area contributed by atoms with Crippen LogP contribution in [-0.2, 0) is 14.4 Å². The van der Waals surface area contributed by atoms with E-state index in [9.17, 15) is 14.4 Å². The number of Topliss-reactive ketones (excluding diaryl/α,β-unsaturated/α-hetero) is 1. The fourth-order valence-electron chi connectivity index (χ4n) is 1.43. The van der Waals surface area contributed by atoms with Crippen LogP contribution in [0.4, 0.5) is 0 Å². The fourth-order valence-corrected chi connectivity index (χ4v) is 1.43. The SMILES string of the molecule is CC(=O)N1CCC(=O)CC1C(=O)O. The molecular formula is C8H11NO4. The van der Waals surface area contributed by atoms with E-state index in [0.717, 1.165) is 0 Å². The van der Waals surface area contributed by atoms with Crippen molar-refractivity contribution >= 4 is 17.7 Å². The lowest BCUT2D eigenvalue weighted by atomic mass is 10.0. The third-order valence-electron chi connectivity index (χ3n) is 2.12. The molecule has 1 atom stereocenters. The molecule has 0 bridgehead atoms. The Hall–Kier alpha value is -1.39. The van der Waals surface area contributed by atoms with E-state index in [-0.39, 0.29) is 31.1 Å². The van der Waals surface area contributed by atoms with Gasteiger partial charge in [-0.1, -0.05) is 0 Å². The van der Waals surface area contributed by atoms with Crippen LogP contribution in [0, 0.1) is 0 Å². The van der Waals surface area contributed by atoms with Gasteiger partial charge in [-0.05, 0) is 0 Å². The summed E-state index contributed by atoms with van der Waals surface area (Å²) in [5, 5.41) is 8.73. The van der Waals surface area contributed by atoms with Gasteiger partial charge in [0.15, 0.2) is 0 Å². The Morgan fingerprint density at radius 3 is 2.62 bits per heavy atom.